The zero-order valence-electron chi connectivity index (χ0n) is 15.1. The minimum Gasteiger partial charge on any atom is -0.316 e. The van der Waals surface area contributed by atoms with Gasteiger partial charge in [-0.15, -0.1) is 11.3 Å². The summed E-state index contributed by atoms with van der Waals surface area (Å²) in [5.41, 5.74) is 1.93. The Morgan fingerprint density at radius 1 is 1.29 bits per heavy atom. The van der Waals surface area contributed by atoms with Crippen molar-refractivity contribution in [3.8, 4) is 5.69 Å². The third-order valence-corrected chi connectivity index (χ3v) is 5.48. The molecule has 3 heterocycles. The molecule has 0 saturated heterocycles. The topological polar surface area (TPSA) is 73.3 Å². The number of carbonyl (C=O) groups excluding carboxylic acids is 1. The summed E-state index contributed by atoms with van der Waals surface area (Å²) in [5.74, 6) is -0.424. The average Bonchev–Trinajstić information content (AvgIpc) is 3.30. The molecule has 0 saturated carbocycles. The molecule has 4 rings (SSSR count). The van der Waals surface area contributed by atoms with Crippen molar-refractivity contribution < 1.29 is 4.79 Å². The van der Waals surface area contributed by atoms with Gasteiger partial charge in [-0.3, -0.25) is 18.7 Å². The number of nitrogens with one attached hydrogen (secondary N) is 1. The summed E-state index contributed by atoms with van der Waals surface area (Å²) < 4.78 is 5.02. The lowest BCUT2D eigenvalue weighted by Gasteiger charge is -2.07. The molecule has 1 amide bonds. The van der Waals surface area contributed by atoms with Crippen molar-refractivity contribution >= 4 is 45.6 Å². The second kappa shape index (κ2) is 7.14. The van der Waals surface area contributed by atoms with Gasteiger partial charge < -0.3 is 5.32 Å². The van der Waals surface area contributed by atoms with Gasteiger partial charge in [-0.05, 0) is 25.1 Å². The molecule has 0 spiro atoms. The van der Waals surface area contributed by atoms with E-state index in [1.165, 1.54) is 22.1 Å². The monoisotopic (exact) mass is 413 g/mol. The van der Waals surface area contributed by atoms with Crippen LogP contribution in [-0.2, 0) is 11.8 Å². The molecule has 0 radical (unpaired) electrons. The zero-order chi connectivity index (χ0) is 19.8. The minimum atomic E-state index is -0.424. The fourth-order valence-corrected chi connectivity index (χ4v) is 3.96. The van der Waals surface area contributed by atoms with Crippen LogP contribution < -0.4 is 10.9 Å². The maximum atomic E-state index is 12.8. The molecule has 1 N–H and O–H groups in total. The smallest absolute Gasteiger partial charge is 0.295 e. The summed E-state index contributed by atoms with van der Waals surface area (Å²) in [6, 6.07) is 9.25. The molecule has 0 aliphatic rings. The number of hydrogen-bond acceptors (Lipinski definition) is 4. The van der Waals surface area contributed by atoms with Crippen LogP contribution in [-0.4, -0.2) is 24.7 Å². The van der Waals surface area contributed by atoms with Crippen LogP contribution in [0.5, 0.6) is 0 Å². The minimum absolute atomic E-state index is 0.237. The molecule has 4 aromatic rings. The number of hydrogen-bond donors (Lipinski definition) is 1. The Kier molecular flexibility index (Phi) is 4.66. The number of benzene rings is 1. The number of thiazole rings is 1. The van der Waals surface area contributed by atoms with Crippen LogP contribution in [0.1, 0.15) is 11.4 Å². The maximum Gasteiger partial charge on any atom is 0.295 e. The highest BCUT2D eigenvalue weighted by Gasteiger charge is 2.17. The molecule has 28 heavy (non-hydrogen) atoms. The predicted octanol–water partition coefficient (Wildman–Crippen LogP) is 3.50. The van der Waals surface area contributed by atoms with Gasteiger partial charge in [0.1, 0.15) is 5.69 Å². The van der Waals surface area contributed by atoms with Crippen molar-refractivity contribution in [1.82, 2.24) is 18.7 Å². The maximum absolute atomic E-state index is 12.8. The molecule has 0 aliphatic carbocycles. The molecule has 0 unspecified atom stereocenters. The number of amides is 1. The highest BCUT2D eigenvalue weighted by molar-refractivity contribution is 7.15. The summed E-state index contributed by atoms with van der Waals surface area (Å²) in [7, 11) is 1.77. The molecule has 3 aromatic heterocycles. The number of para-hydroxylation sites is 1. The molecule has 0 bridgehead atoms. The Morgan fingerprint density at radius 2 is 2.04 bits per heavy atom. The number of fused-ring (bicyclic) bond motifs is 1. The second-order valence-electron chi connectivity index (χ2n) is 6.10. The first kappa shape index (κ1) is 18.3. The number of nitrogens with zero attached hydrogens (tertiary/aromatic N) is 4. The van der Waals surface area contributed by atoms with Gasteiger partial charge in [-0.2, -0.15) is 0 Å². The fourth-order valence-electron chi connectivity index (χ4n) is 2.96. The highest BCUT2D eigenvalue weighted by Crippen LogP contribution is 2.22. The van der Waals surface area contributed by atoms with Crippen molar-refractivity contribution in [1.29, 1.82) is 0 Å². The van der Waals surface area contributed by atoms with Crippen molar-refractivity contribution in [2.24, 2.45) is 7.05 Å². The van der Waals surface area contributed by atoms with Crippen LogP contribution in [0.4, 0.5) is 5.69 Å². The standard InChI is InChI=1S/C19H16ClN5O2S/c1-12-16(18(27)25(23(12)2)13-6-4-3-5-7-13)21-15(26)9-8-14-17(20)22-19-24(14)10-11-28-19/h3-11H,1-2H3,(H,21,26)/b9-8+. The Balaban J connectivity index is 1.63. The predicted molar refractivity (Wildman–Crippen MR) is 111 cm³/mol. The van der Waals surface area contributed by atoms with E-state index in [1.807, 2.05) is 41.9 Å². The number of halogens is 1. The summed E-state index contributed by atoms with van der Waals surface area (Å²) in [5, 5.41) is 4.89. The van der Waals surface area contributed by atoms with Gasteiger partial charge in [0, 0.05) is 24.7 Å². The Labute approximate surface area is 169 Å². The van der Waals surface area contributed by atoms with Crippen LogP contribution in [0.15, 0.2) is 52.8 Å². The van der Waals surface area contributed by atoms with Gasteiger partial charge in [0.25, 0.3) is 5.56 Å². The van der Waals surface area contributed by atoms with E-state index >= 15 is 0 Å². The number of carbonyl (C=O) groups is 1. The van der Waals surface area contributed by atoms with E-state index in [0.29, 0.717) is 16.5 Å². The molecule has 1 aromatic carbocycles. The first-order chi connectivity index (χ1) is 13.5. The molecular weight excluding hydrogens is 398 g/mol. The zero-order valence-corrected chi connectivity index (χ0v) is 16.7. The summed E-state index contributed by atoms with van der Waals surface area (Å²) in [6.07, 6.45) is 4.75. The molecule has 7 nitrogen and oxygen atoms in total. The number of anilines is 1. The molecule has 142 valence electrons. The van der Waals surface area contributed by atoms with Crippen molar-refractivity contribution in [2.75, 3.05) is 5.32 Å². The molecule has 0 aliphatic heterocycles. The summed E-state index contributed by atoms with van der Waals surface area (Å²) >= 11 is 7.58. The van der Waals surface area contributed by atoms with Crippen LogP contribution in [0.25, 0.3) is 16.7 Å². The van der Waals surface area contributed by atoms with Gasteiger partial charge >= 0.3 is 0 Å². The van der Waals surface area contributed by atoms with Gasteiger partial charge in [-0.1, -0.05) is 29.8 Å². The molecular formula is C19H16ClN5O2S. The SMILES string of the molecule is Cc1c(NC(=O)/C=C/c2c(Cl)nc3sccn23)c(=O)n(-c2ccccc2)n1C. The number of imidazole rings is 1. The van der Waals surface area contributed by atoms with Crippen molar-refractivity contribution in [2.45, 2.75) is 6.92 Å². The van der Waals surface area contributed by atoms with Crippen LogP contribution >= 0.6 is 22.9 Å². The summed E-state index contributed by atoms with van der Waals surface area (Å²) in [6.45, 7) is 1.78. The van der Waals surface area contributed by atoms with Crippen molar-refractivity contribution in [3.63, 3.8) is 0 Å². The summed E-state index contributed by atoms with van der Waals surface area (Å²) in [4.78, 5) is 30.2. The Morgan fingerprint density at radius 3 is 2.79 bits per heavy atom. The number of rotatable bonds is 4. The Bertz CT molecular complexity index is 1260. The highest BCUT2D eigenvalue weighted by atomic mass is 35.5. The molecule has 0 atom stereocenters. The largest absolute Gasteiger partial charge is 0.316 e. The third-order valence-electron chi connectivity index (χ3n) is 4.45. The van der Waals surface area contributed by atoms with E-state index in [0.717, 1.165) is 10.6 Å². The first-order valence-electron chi connectivity index (χ1n) is 8.41. The third kappa shape index (κ3) is 3.06. The second-order valence-corrected chi connectivity index (χ2v) is 7.33. The normalized spacial score (nSPS) is 11.5. The van der Waals surface area contributed by atoms with E-state index in [4.69, 9.17) is 11.6 Å². The van der Waals surface area contributed by atoms with E-state index < -0.39 is 5.91 Å². The van der Waals surface area contributed by atoms with Gasteiger partial charge in [0.2, 0.25) is 5.91 Å². The lowest BCUT2D eigenvalue weighted by Crippen LogP contribution is -2.22. The fraction of sp³-hybridized carbons (Fsp3) is 0.105. The van der Waals surface area contributed by atoms with Gasteiger partial charge in [-0.25, -0.2) is 9.67 Å². The number of aromatic nitrogens is 4. The lowest BCUT2D eigenvalue weighted by molar-refractivity contribution is -0.111. The average molecular weight is 414 g/mol. The Hall–Kier alpha value is -3.10. The van der Waals surface area contributed by atoms with E-state index in [9.17, 15) is 9.59 Å². The molecule has 0 fully saturated rings. The quantitative estimate of drug-likeness (QED) is 0.520. The molecule has 9 heteroatoms. The van der Waals surface area contributed by atoms with E-state index in [2.05, 4.69) is 10.3 Å². The van der Waals surface area contributed by atoms with E-state index in [-0.39, 0.29) is 11.2 Å². The van der Waals surface area contributed by atoms with Crippen LogP contribution in [0, 0.1) is 6.92 Å². The van der Waals surface area contributed by atoms with Gasteiger partial charge in [0.05, 0.1) is 17.1 Å². The van der Waals surface area contributed by atoms with Gasteiger partial charge in [0.15, 0.2) is 10.1 Å². The first-order valence-corrected chi connectivity index (χ1v) is 9.67. The van der Waals surface area contributed by atoms with Crippen LogP contribution in [0.2, 0.25) is 5.15 Å². The van der Waals surface area contributed by atoms with E-state index in [1.54, 1.807) is 29.1 Å². The van der Waals surface area contributed by atoms with Crippen LogP contribution in [0.3, 0.4) is 0 Å². The van der Waals surface area contributed by atoms with Crippen molar-refractivity contribution in [3.05, 3.63) is 74.9 Å². The lowest BCUT2D eigenvalue weighted by atomic mass is 10.3.